The maximum absolute atomic E-state index is 11.6. The highest BCUT2D eigenvalue weighted by Gasteiger charge is 2.21. The number of methoxy groups -OCH3 is 1. The number of ketones is 2. The van der Waals surface area contributed by atoms with Gasteiger partial charge in [0.15, 0.2) is 11.6 Å². The Morgan fingerprint density at radius 1 is 1.10 bits per heavy atom. The predicted octanol–water partition coefficient (Wildman–Crippen LogP) is 1.24. The molecule has 7 heteroatoms. The van der Waals surface area contributed by atoms with Gasteiger partial charge in [-0.1, -0.05) is 6.92 Å². The summed E-state index contributed by atoms with van der Waals surface area (Å²) in [6.07, 6.45) is -0.0691. The van der Waals surface area contributed by atoms with E-state index in [1.165, 1.54) is 7.11 Å². The van der Waals surface area contributed by atoms with E-state index in [1.807, 2.05) is 0 Å². The third kappa shape index (κ3) is 8.78. The van der Waals surface area contributed by atoms with Crippen molar-refractivity contribution in [1.29, 1.82) is 0 Å². The molecule has 1 atom stereocenters. The summed E-state index contributed by atoms with van der Waals surface area (Å²) in [6.45, 7) is 3.76. The van der Waals surface area contributed by atoms with E-state index in [0.29, 0.717) is 13.0 Å². The summed E-state index contributed by atoms with van der Waals surface area (Å²) in [5, 5.41) is 2.46. The second-order valence-corrected chi connectivity index (χ2v) is 4.51. The monoisotopic (exact) mass is 301 g/mol. The maximum Gasteiger partial charge on any atom is 0.407 e. The van der Waals surface area contributed by atoms with Gasteiger partial charge in [0.25, 0.3) is 0 Å². The van der Waals surface area contributed by atoms with Crippen LogP contribution in [0.25, 0.3) is 0 Å². The van der Waals surface area contributed by atoms with Gasteiger partial charge in [-0.25, -0.2) is 4.79 Å². The van der Waals surface area contributed by atoms with Crippen LogP contribution in [0.1, 0.15) is 39.5 Å². The quantitative estimate of drug-likeness (QED) is 0.481. The summed E-state index contributed by atoms with van der Waals surface area (Å²) in [7, 11) is 1.27. The number of carbonyl (C=O) groups excluding carboxylic acids is 4. The van der Waals surface area contributed by atoms with Crippen molar-refractivity contribution in [3.8, 4) is 0 Å². The molecular weight excluding hydrogens is 278 g/mol. The van der Waals surface area contributed by atoms with Crippen molar-refractivity contribution in [3.63, 3.8) is 0 Å². The first kappa shape index (κ1) is 19.1. The molecule has 0 rings (SSSR count). The van der Waals surface area contributed by atoms with Crippen LogP contribution in [0.4, 0.5) is 4.79 Å². The molecule has 0 saturated heterocycles. The molecule has 7 nitrogen and oxygen atoms in total. The fraction of sp³-hybridized carbons (Fsp3) is 0.714. The van der Waals surface area contributed by atoms with E-state index >= 15 is 0 Å². The number of carbonyl (C=O) groups is 4. The van der Waals surface area contributed by atoms with Crippen molar-refractivity contribution >= 4 is 23.6 Å². The minimum Gasteiger partial charge on any atom is -0.469 e. The summed E-state index contributed by atoms with van der Waals surface area (Å²) in [4.78, 5) is 45.3. The Labute approximate surface area is 124 Å². The zero-order valence-corrected chi connectivity index (χ0v) is 12.8. The zero-order chi connectivity index (χ0) is 16.3. The summed E-state index contributed by atoms with van der Waals surface area (Å²) >= 11 is 0. The Morgan fingerprint density at radius 3 is 2.29 bits per heavy atom. The molecule has 0 bridgehead atoms. The van der Waals surface area contributed by atoms with Crippen molar-refractivity contribution in [2.45, 2.75) is 39.5 Å². The third-order valence-electron chi connectivity index (χ3n) is 2.86. The smallest absolute Gasteiger partial charge is 0.407 e. The predicted molar refractivity (Wildman–Crippen MR) is 74.7 cm³/mol. The number of esters is 1. The van der Waals surface area contributed by atoms with E-state index < -0.39 is 23.6 Å². The number of Topliss-reactive ketones (excluding diaryl/α,β-unsaturated/α-hetero) is 2. The molecule has 0 radical (unpaired) electrons. The molecule has 0 aromatic rings. The first-order chi connectivity index (χ1) is 9.94. The Bertz CT molecular complexity index is 380. The van der Waals surface area contributed by atoms with Gasteiger partial charge in [0, 0.05) is 31.7 Å². The maximum atomic E-state index is 11.6. The van der Waals surface area contributed by atoms with Crippen molar-refractivity contribution < 1.29 is 28.7 Å². The normalized spacial score (nSPS) is 11.4. The molecule has 0 aromatic carbocycles. The Balaban J connectivity index is 4.46. The first-order valence-electron chi connectivity index (χ1n) is 6.97. The number of hydrogen-bond acceptors (Lipinski definition) is 6. The fourth-order valence-electron chi connectivity index (χ4n) is 1.63. The van der Waals surface area contributed by atoms with Crippen LogP contribution in [0.3, 0.4) is 0 Å². The highest BCUT2D eigenvalue weighted by molar-refractivity contribution is 6.37. The van der Waals surface area contributed by atoms with Crippen LogP contribution in [0.2, 0.25) is 0 Å². The van der Waals surface area contributed by atoms with Crippen LogP contribution < -0.4 is 5.32 Å². The molecule has 0 heterocycles. The third-order valence-corrected chi connectivity index (χ3v) is 2.86. The molecule has 0 aliphatic heterocycles. The summed E-state index contributed by atoms with van der Waals surface area (Å²) in [5.74, 6) is -1.76. The van der Waals surface area contributed by atoms with Gasteiger partial charge >= 0.3 is 12.1 Å². The first-order valence-corrected chi connectivity index (χ1v) is 6.97. The number of nitrogens with one attached hydrogen (secondary N) is 1. The minimum atomic E-state index is -0.588. The number of alkyl carbamates (subject to hydrolysis) is 1. The largest absolute Gasteiger partial charge is 0.469 e. The summed E-state index contributed by atoms with van der Waals surface area (Å²) in [6, 6.07) is 0. The van der Waals surface area contributed by atoms with Gasteiger partial charge in [-0.05, 0) is 13.3 Å². The Kier molecular flexibility index (Phi) is 9.83. The van der Waals surface area contributed by atoms with Gasteiger partial charge in [-0.15, -0.1) is 0 Å². The van der Waals surface area contributed by atoms with E-state index in [-0.39, 0.29) is 31.8 Å². The molecule has 0 aliphatic rings. The van der Waals surface area contributed by atoms with Gasteiger partial charge in [0.05, 0.1) is 13.7 Å². The van der Waals surface area contributed by atoms with Gasteiger partial charge in [-0.2, -0.15) is 0 Å². The van der Waals surface area contributed by atoms with Crippen molar-refractivity contribution in [1.82, 2.24) is 5.32 Å². The van der Waals surface area contributed by atoms with E-state index in [1.54, 1.807) is 13.8 Å². The van der Waals surface area contributed by atoms with E-state index in [0.717, 1.165) is 0 Å². The molecule has 0 aliphatic carbocycles. The Hall–Kier alpha value is -1.92. The molecule has 0 saturated carbocycles. The second kappa shape index (κ2) is 10.8. The minimum absolute atomic E-state index is 0.0223. The highest BCUT2D eigenvalue weighted by atomic mass is 16.5. The number of hydrogen-bond donors (Lipinski definition) is 1. The second-order valence-electron chi connectivity index (χ2n) is 4.51. The molecule has 0 aromatic heterocycles. The lowest BCUT2D eigenvalue weighted by Crippen LogP contribution is -2.28. The van der Waals surface area contributed by atoms with Crippen LogP contribution in [0.5, 0.6) is 0 Å². The molecule has 0 unspecified atom stereocenters. The van der Waals surface area contributed by atoms with E-state index in [4.69, 9.17) is 4.74 Å². The van der Waals surface area contributed by atoms with Crippen LogP contribution in [-0.4, -0.2) is 43.9 Å². The van der Waals surface area contributed by atoms with E-state index in [9.17, 15) is 19.2 Å². The molecule has 0 fully saturated rings. The number of amides is 1. The average Bonchev–Trinajstić information content (AvgIpc) is 2.48. The van der Waals surface area contributed by atoms with Crippen LogP contribution in [-0.2, 0) is 23.9 Å². The fourth-order valence-corrected chi connectivity index (χ4v) is 1.63. The van der Waals surface area contributed by atoms with E-state index in [2.05, 4.69) is 10.1 Å². The van der Waals surface area contributed by atoms with Crippen molar-refractivity contribution in [2.75, 3.05) is 20.3 Å². The van der Waals surface area contributed by atoms with Crippen LogP contribution in [0, 0.1) is 5.92 Å². The van der Waals surface area contributed by atoms with Crippen molar-refractivity contribution in [2.24, 2.45) is 5.92 Å². The highest BCUT2D eigenvalue weighted by Crippen LogP contribution is 2.14. The molecular formula is C14H23NO6. The van der Waals surface area contributed by atoms with Crippen LogP contribution >= 0.6 is 0 Å². The molecule has 1 amide bonds. The Morgan fingerprint density at radius 2 is 1.76 bits per heavy atom. The number of rotatable bonds is 10. The lowest BCUT2D eigenvalue weighted by Gasteiger charge is -2.15. The SMILES string of the molecule is CCNC(=O)OC[C@@H](CCC(=O)OC)CC(=O)C(=O)CC. The topological polar surface area (TPSA) is 98.8 Å². The lowest BCUT2D eigenvalue weighted by atomic mass is 9.95. The van der Waals surface area contributed by atoms with Crippen molar-refractivity contribution in [3.05, 3.63) is 0 Å². The molecule has 120 valence electrons. The molecule has 21 heavy (non-hydrogen) atoms. The van der Waals surface area contributed by atoms with Gasteiger partial charge < -0.3 is 14.8 Å². The van der Waals surface area contributed by atoms with Gasteiger partial charge in [0.2, 0.25) is 0 Å². The summed E-state index contributed by atoms with van der Waals surface area (Å²) in [5.41, 5.74) is 0. The van der Waals surface area contributed by atoms with Gasteiger partial charge in [0.1, 0.15) is 0 Å². The van der Waals surface area contributed by atoms with Crippen LogP contribution in [0.15, 0.2) is 0 Å². The zero-order valence-electron chi connectivity index (χ0n) is 12.8. The summed E-state index contributed by atoms with van der Waals surface area (Å²) < 4.78 is 9.49. The standard InChI is InChI=1S/C14H23NO6/c1-4-11(16)12(17)8-10(6-7-13(18)20-3)9-21-14(19)15-5-2/h10H,4-9H2,1-3H3,(H,15,19)/t10-/m0/s1. The average molecular weight is 301 g/mol. The van der Waals surface area contributed by atoms with Gasteiger partial charge in [-0.3, -0.25) is 14.4 Å². The lowest BCUT2D eigenvalue weighted by molar-refractivity contribution is -0.141. The molecule has 0 spiro atoms. The number of ether oxygens (including phenoxy) is 2. The molecule has 1 N–H and O–H groups in total.